The minimum atomic E-state index is -0.172. The molecule has 1 rings (SSSR count). The zero-order chi connectivity index (χ0) is 10.6. The van der Waals surface area contributed by atoms with Gasteiger partial charge >= 0.3 is 11.9 Å². The largest absolute Gasteiger partial charge is 0.469 e. The molecule has 0 heterocycles. The first-order chi connectivity index (χ1) is 6.69. The van der Waals surface area contributed by atoms with Crippen molar-refractivity contribution in [3.63, 3.8) is 0 Å². The molecule has 1 saturated carbocycles. The predicted octanol–water partition coefficient (Wildman–Crippen LogP) is 1.86. The summed E-state index contributed by atoms with van der Waals surface area (Å²) in [6.45, 7) is 0. The molecule has 0 atom stereocenters. The maximum Gasteiger partial charge on any atom is 0.318 e. The number of carbonyl (C=O) groups is 2. The fraction of sp³-hybridized carbons (Fsp3) is 0.778. The Morgan fingerprint density at radius 3 is 1.86 bits per heavy atom. The first kappa shape index (κ1) is 11.7. The van der Waals surface area contributed by atoms with Crippen molar-refractivity contribution in [1.29, 1.82) is 0 Å². The highest BCUT2D eigenvalue weighted by Gasteiger charge is 2.30. The number of esters is 1. The molecule has 0 aromatic rings. The first-order valence-electron chi connectivity index (χ1n) is 4.59. The summed E-state index contributed by atoms with van der Waals surface area (Å²) in [5, 5.41) is 0. The monoisotopic (exact) mass is 312 g/mol. The van der Waals surface area contributed by atoms with Crippen LogP contribution < -0.4 is 0 Å². The van der Waals surface area contributed by atoms with Crippen LogP contribution >= 0.6 is 23.0 Å². The van der Waals surface area contributed by atoms with Crippen molar-refractivity contribution in [1.82, 2.24) is 0 Å². The minimum Gasteiger partial charge on any atom is -0.469 e. The van der Waals surface area contributed by atoms with E-state index < -0.39 is 0 Å². The van der Waals surface area contributed by atoms with Crippen molar-refractivity contribution in [2.75, 3.05) is 7.11 Å². The lowest BCUT2D eigenvalue weighted by atomic mass is 9.82. The molecule has 0 amide bonds. The molecule has 0 bridgehead atoms. The second-order valence-electron chi connectivity index (χ2n) is 3.47. The molecular formula is C9H13IO4. The Kier molecular flexibility index (Phi) is 4.64. The summed E-state index contributed by atoms with van der Waals surface area (Å²) in [5.74, 6) is -0.397. The van der Waals surface area contributed by atoms with Crippen LogP contribution in [0, 0.1) is 11.8 Å². The van der Waals surface area contributed by atoms with Gasteiger partial charge in [0.1, 0.15) is 0 Å². The number of rotatable bonds is 2. The molecule has 5 heteroatoms. The number of halogens is 1. The van der Waals surface area contributed by atoms with Gasteiger partial charge in [-0.25, -0.2) is 0 Å². The summed E-state index contributed by atoms with van der Waals surface area (Å²) in [4.78, 5) is 22.3. The summed E-state index contributed by atoms with van der Waals surface area (Å²) in [7, 11) is 1.40. The van der Waals surface area contributed by atoms with Gasteiger partial charge in [0.25, 0.3) is 0 Å². The molecule has 0 aromatic carbocycles. The van der Waals surface area contributed by atoms with Crippen LogP contribution in [0.15, 0.2) is 0 Å². The van der Waals surface area contributed by atoms with Crippen molar-refractivity contribution in [2.24, 2.45) is 11.8 Å². The van der Waals surface area contributed by atoms with E-state index in [1.54, 1.807) is 23.0 Å². The molecule has 14 heavy (non-hydrogen) atoms. The summed E-state index contributed by atoms with van der Waals surface area (Å²) in [5.41, 5.74) is 0. The van der Waals surface area contributed by atoms with Gasteiger partial charge in [-0.15, -0.1) is 0 Å². The Bertz CT molecular complexity index is 197. The van der Waals surface area contributed by atoms with E-state index in [2.05, 4.69) is 7.80 Å². The third-order valence-corrected chi connectivity index (χ3v) is 3.11. The van der Waals surface area contributed by atoms with Crippen molar-refractivity contribution >= 4 is 34.9 Å². The topological polar surface area (TPSA) is 52.6 Å². The minimum absolute atomic E-state index is 0.0294. The molecule has 0 spiro atoms. The lowest BCUT2D eigenvalue weighted by Crippen LogP contribution is -2.26. The Labute approximate surface area is 97.0 Å². The Morgan fingerprint density at radius 2 is 1.50 bits per heavy atom. The second kappa shape index (κ2) is 5.53. The van der Waals surface area contributed by atoms with E-state index in [9.17, 15) is 9.59 Å². The van der Waals surface area contributed by atoms with E-state index in [4.69, 9.17) is 0 Å². The molecule has 0 saturated heterocycles. The maximum absolute atomic E-state index is 11.2. The van der Waals surface area contributed by atoms with Gasteiger partial charge in [0.2, 0.25) is 0 Å². The van der Waals surface area contributed by atoms with Crippen LogP contribution in [0.3, 0.4) is 0 Å². The number of methoxy groups -OCH3 is 1. The van der Waals surface area contributed by atoms with Crippen LogP contribution in [-0.4, -0.2) is 19.0 Å². The summed E-state index contributed by atoms with van der Waals surface area (Å²) >= 11 is 1.60. The zero-order valence-electron chi connectivity index (χ0n) is 7.99. The standard InChI is InChI=1S/C9H13IO4/c1-13-8(11)6-2-4-7(5-3-6)9(12)14-10/h6-7H,2-5H2,1H3. The van der Waals surface area contributed by atoms with Crippen molar-refractivity contribution in [3.05, 3.63) is 0 Å². The third kappa shape index (κ3) is 2.83. The highest BCUT2D eigenvalue weighted by molar-refractivity contribution is 14.1. The Hall–Kier alpha value is -0.330. The first-order valence-corrected chi connectivity index (χ1v) is 5.47. The highest BCUT2D eigenvalue weighted by atomic mass is 127. The Balaban J connectivity index is 2.38. The van der Waals surface area contributed by atoms with Crippen LogP contribution in [0.5, 0.6) is 0 Å². The van der Waals surface area contributed by atoms with Gasteiger partial charge in [0.05, 0.1) is 18.9 Å². The molecule has 0 aliphatic heterocycles. The molecule has 0 N–H and O–H groups in total. The fourth-order valence-corrected chi connectivity index (χ4v) is 2.15. The van der Waals surface area contributed by atoms with Crippen molar-refractivity contribution in [2.45, 2.75) is 25.7 Å². The molecular weight excluding hydrogens is 299 g/mol. The summed E-state index contributed by atoms with van der Waals surface area (Å²) in [6.07, 6.45) is 2.90. The molecule has 4 nitrogen and oxygen atoms in total. The van der Waals surface area contributed by atoms with Gasteiger partial charge in [-0.3, -0.25) is 9.59 Å². The second-order valence-corrected chi connectivity index (χ2v) is 3.91. The van der Waals surface area contributed by atoms with Gasteiger partial charge in [-0.05, 0) is 25.7 Å². The molecule has 0 unspecified atom stereocenters. The lowest BCUT2D eigenvalue weighted by molar-refractivity contribution is -0.148. The highest BCUT2D eigenvalue weighted by Crippen LogP contribution is 2.30. The molecule has 0 aromatic heterocycles. The normalized spacial score (nSPS) is 26.7. The van der Waals surface area contributed by atoms with Gasteiger partial charge < -0.3 is 7.80 Å². The van der Waals surface area contributed by atoms with Crippen LogP contribution in [0.2, 0.25) is 0 Å². The van der Waals surface area contributed by atoms with E-state index in [1.807, 2.05) is 0 Å². The van der Waals surface area contributed by atoms with E-state index >= 15 is 0 Å². The van der Waals surface area contributed by atoms with Crippen molar-refractivity contribution < 1.29 is 17.4 Å². The summed E-state index contributed by atoms with van der Waals surface area (Å²) < 4.78 is 9.28. The van der Waals surface area contributed by atoms with Crippen molar-refractivity contribution in [3.8, 4) is 0 Å². The molecule has 1 fully saturated rings. The van der Waals surface area contributed by atoms with Gasteiger partial charge in [0.15, 0.2) is 23.0 Å². The zero-order valence-corrected chi connectivity index (χ0v) is 10.2. The summed E-state index contributed by atoms with van der Waals surface area (Å²) in [6, 6.07) is 0. The van der Waals surface area contributed by atoms with Crippen LogP contribution in [0.1, 0.15) is 25.7 Å². The van der Waals surface area contributed by atoms with E-state index in [1.165, 1.54) is 7.11 Å². The van der Waals surface area contributed by atoms with Gasteiger partial charge in [-0.2, -0.15) is 0 Å². The quantitative estimate of drug-likeness (QED) is 0.577. The number of carbonyl (C=O) groups excluding carboxylic acids is 2. The molecule has 80 valence electrons. The van der Waals surface area contributed by atoms with Crippen LogP contribution in [0.25, 0.3) is 0 Å². The van der Waals surface area contributed by atoms with Crippen LogP contribution in [-0.2, 0) is 17.4 Å². The van der Waals surface area contributed by atoms with E-state index in [0.717, 1.165) is 25.7 Å². The van der Waals surface area contributed by atoms with Crippen LogP contribution in [0.4, 0.5) is 0 Å². The molecule has 1 aliphatic rings. The van der Waals surface area contributed by atoms with E-state index in [-0.39, 0.29) is 23.8 Å². The number of hydrogen-bond acceptors (Lipinski definition) is 4. The Morgan fingerprint density at radius 1 is 1.07 bits per heavy atom. The van der Waals surface area contributed by atoms with E-state index in [0.29, 0.717) is 0 Å². The van der Waals surface area contributed by atoms with Gasteiger partial charge in [-0.1, -0.05) is 0 Å². The predicted molar refractivity (Wildman–Crippen MR) is 57.6 cm³/mol. The molecule has 0 radical (unpaired) electrons. The average molecular weight is 312 g/mol. The fourth-order valence-electron chi connectivity index (χ4n) is 1.79. The lowest BCUT2D eigenvalue weighted by Gasteiger charge is -2.24. The van der Waals surface area contributed by atoms with Gasteiger partial charge in [0, 0.05) is 0 Å². The SMILES string of the molecule is COC(=O)C1CCC(C(=O)OI)CC1. The average Bonchev–Trinajstić information content (AvgIpc) is 2.27. The smallest absolute Gasteiger partial charge is 0.318 e. The number of hydrogen-bond donors (Lipinski definition) is 0. The third-order valence-electron chi connectivity index (χ3n) is 2.67. The number of ether oxygens (including phenoxy) is 1. The molecule has 1 aliphatic carbocycles. The maximum atomic E-state index is 11.2.